The molecular formula is C15H13IN2O4. The Morgan fingerprint density at radius 2 is 2.05 bits per heavy atom. The first-order chi connectivity index (χ1) is 10.5. The second kappa shape index (κ2) is 7.21. The van der Waals surface area contributed by atoms with Gasteiger partial charge < -0.3 is 10.1 Å². The van der Waals surface area contributed by atoms with Crippen LogP contribution in [0.25, 0.3) is 0 Å². The summed E-state index contributed by atoms with van der Waals surface area (Å²) in [6.07, 6.45) is 0. The third-order valence-electron chi connectivity index (χ3n) is 2.94. The van der Waals surface area contributed by atoms with Gasteiger partial charge in [0.2, 0.25) is 0 Å². The van der Waals surface area contributed by atoms with Gasteiger partial charge in [0.25, 0.3) is 11.6 Å². The Morgan fingerprint density at radius 1 is 1.32 bits per heavy atom. The van der Waals surface area contributed by atoms with Crippen LogP contribution in [0, 0.1) is 20.6 Å². The summed E-state index contributed by atoms with van der Waals surface area (Å²) in [5.74, 6) is 0.222. The molecule has 2 aromatic carbocycles. The Labute approximate surface area is 140 Å². The van der Waals surface area contributed by atoms with Crippen molar-refractivity contribution in [1.29, 1.82) is 0 Å². The zero-order valence-corrected chi connectivity index (χ0v) is 13.9. The molecule has 1 amide bonds. The molecule has 0 aliphatic heterocycles. The third-order valence-corrected chi connectivity index (χ3v) is 3.61. The molecule has 0 aliphatic carbocycles. The maximum Gasteiger partial charge on any atom is 0.274 e. The molecule has 0 atom stereocenters. The molecule has 0 saturated carbocycles. The van der Waals surface area contributed by atoms with Gasteiger partial charge in [-0.2, -0.15) is 0 Å². The minimum atomic E-state index is -0.479. The summed E-state index contributed by atoms with van der Waals surface area (Å²) in [5, 5.41) is 13.5. The van der Waals surface area contributed by atoms with E-state index < -0.39 is 4.92 Å². The van der Waals surface area contributed by atoms with Crippen molar-refractivity contribution < 1.29 is 14.5 Å². The fourth-order valence-electron chi connectivity index (χ4n) is 1.85. The molecule has 0 spiro atoms. The van der Waals surface area contributed by atoms with E-state index in [4.69, 9.17) is 4.74 Å². The monoisotopic (exact) mass is 412 g/mol. The highest BCUT2D eigenvalue weighted by Gasteiger charge is 2.14. The van der Waals surface area contributed by atoms with Gasteiger partial charge in [0.1, 0.15) is 5.75 Å². The molecule has 2 rings (SSSR count). The van der Waals surface area contributed by atoms with E-state index in [-0.39, 0.29) is 18.2 Å². The first kappa shape index (κ1) is 16.2. The van der Waals surface area contributed by atoms with E-state index in [0.717, 1.165) is 3.57 Å². The second-order valence-electron chi connectivity index (χ2n) is 4.50. The first-order valence-corrected chi connectivity index (χ1v) is 7.47. The second-order valence-corrected chi connectivity index (χ2v) is 5.75. The molecule has 6 nitrogen and oxygen atoms in total. The highest BCUT2D eigenvalue weighted by atomic mass is 127. The number of halogens is 1. The molecular weight excluding hydrogens is 399 g/mol. The van der Waals surface area contributed by atoms with Crippen molar-refractivity contribution in [2.24, 2.45) is 0 Å². The molecule has 0 aliphatic rings. The van der Waals surface area contributed by atoms with Crippen LogP contribution in [0.4, 0.5) is 11.4 Å². The number of hydrogen-bond donors (Lipinski definition) is 1. The van der Waals surface area contributed by atoms with Crippen molar-refractivity contribution >= 4 is 39.9 Å². The number of carbonyl (C=O) groups excluding carboxylic acids is 1. The SMILES string of the molecule is Cc1c(NC(=O)COc2cccc(I)c2)cccc1[N+](=O)[O-]. The predicted octanol–water partition coefficient (Wildman–Crippen LogP) is 3.53. The molecule has 0 saturated heterocycles. The number of anilines is 1. The number of nitrogens with zero attached hydrogens (tertiary/aromatic N) is 1. The van der Waals surface area contributed by atoms with Crippen LogP contribution in [-0.2, 0) is 4.79 Å². The van der Waals surface area contributed by atoms with Crippen molar-refractivity contribution in [3.8, 4) is 5.75 Å². The predicted molar refractivity (Wildman–Crippen MR) is 91.1 cm³/mol. The lowest BCUT2D eigenvalue weighted by Gasteiger charge is -2.10. The molecule has 7 heteroatoms. The van der Waals surface area contributed by atoms with Crippen molar-refractivity contribution in [3.05, 3.63) is 61.7 Å². The molecule has 22 heavy (non-hydrogen) atoms. The largest absolute Gasteiger partial charge is 0.484 e. The molecule has 0 bridgehead atoms. The van der Waals surface area contributed by atoms with Crippen molar-refractivity contribution in [1.82, 2.24) is 0 Å². The fraction of sp³-hybridized carbons (Fsp3) is 0.133. The number of carbonyl (C=O) groups is 1. The number of amides is 1. The Morgan fingerprint density at radius 3 is 2.73 bits per heavy atom. The minimum Gasteiger partial charge on any atom is -0.484 e. The first-order valence-electron chi connectivity index (χ1n) is 6.39. The number of nitrogens with one attached hydrogen (secondary N) is 1. The van der Waals surface area contributed by atoms with Crippen molar-refractivity contribution in [2.45, 2.75) is 6.92 Å². The number of rotatable bonds is 5. The van der Waals surface area contributed by atoms with Gasteiger partial charge in [0, 0.05) is 9.64 Å². The molecule has 114 valence electrons. The van der Waals surface area contributed by atoms with E-state index in [1.165, 1.54) is 12.1 Å². The Hall–Kier alpha value is -2.16. The van der Waals surface area contributed by atoms with Crippen LogP contribution < -0.4 is 10.1 Å². The van der Waals surface area contributed by atoms with E-state index in [1.54, 1.807) is 19.1 Å². The Kier molecular flexibility index (Phi) is 5.31. The van der Waals surface area contributed by atoms with Crippen molar-refractivity contribution in [2.75, 3.05) is 11.9 Å². The number of nitro benzene ring substituents is 1. The zero-order chi connectivity index (χ0) is 16.1. The van der Waals surface area contributed by atoms with Crippen LogP contribution in [-0.4, -0.2) is 17.4 Å². The summed E-state index contributed by atoms with van der Waals surface area (Å²) in [4.78, 5) is 22.3. The summed E-state index contributed by atoms with van der Waals surface area (Å²) >= 11 is 2.15. The smallest absolute Gasteiger partial charge is 0.274 e. The average Bonchev–Trinajstić information content (AvgIpc) is 2.47. The van der Waals surface area contributed by atoms with Crippen LogP contribution in [0.2, 0.25) is 0 Å². The molecule has 0 radical (unpaired) electrons. The van der Waals surface area contributed by atoms with Gasteiger partial charge >= 0.3 is 0 Å². The number of ether oxygens (including phenoxy) is 1. The standard InChI is InChI=1S/C15H13IN2O4/c1-10-13(6-3-7-14(10)18(20)21)17-15(19)9-22-12-5-2-4-11(16)8-12/h2-8H,9H2,1H3,(H,17,19). The molecule has 0 aromatic heterocycles. The normalized spacial score (nSPS) is 10.1. The van der Waals surface area contributed by atoms with E-state index >= 15 is 0 Å². The summed E-state index contributed by atoms with van der Waals surface area (Å²) in [6.45, 7) is 1.43. The molecule has 0 fully saturated rings. The summed E-state index contributed by atoms with van der Waals surface area (Å²) in [7, 11) is 0. The van der Waals surface area contributed by atoms with Gasteiger partial charge in [-0.1, -0.05) is 12.1 Å². The van der Waals surface area contributed by atoms with Crippen LogP contribution in [0.3, 0.4) is 0 Å². The summed E-state index contributed by atoms with van der Waals surface area (Å²) < 4.78 is 6.39. The maximum absolute atomic E-state index is 11.9. The van der Waals surface area contributed by atoms with E-state index in [9.17, 15) is 14.9 Å². The highest BCUT2D eigenvalue weighted by molar-refractivity contribution is 14.1. The Bertz CT molecular complexity index is 718. The third kappa shape index (κ3) is 4.17. The molecule has 0 unspecified atom stereocenters. The van der Waals surface area contributed by atoms with Gasteiger partial charge in [-0.05, 0) is 53.8 Å². The average molecular weight is 412 g/mol. The molecule has 1 N–H and O–H groups in total. The van der Waals surface area contributed by atoms with Gasteiger partial charge in [-0.3, -0.25) is 14.9 Å². The summed E-state index contributed by atoms with van der Waals surface area (Å²) in [5.41, 5.74) is 0.789. The van der Waals surface area contributed by atoms with Crippen LogP contribution in [0.5, 0.6) is 5.75 Å². The van der Waals surface area contributed by atoms with E-state index in [0.29, 0.717) is 17.0 Å². The lowest BCUT2D eigenvalue weighted by molar-refractivity contribution is -0.385. The van der Waals surface area contributed by atoms with E-state index in [1.807, 2.05) is 18.2 Å². The topological polar surface area (TPSA) is 81.5 Å². The van der Waals surface area contributed by atoms with E-state index in [2.05, 4.69) is 27.9 Å². The van der Waals surface area contributed by atoms with Gasteiger partial charge in [-0.25, -0.2) is 0 Å². The Balaban J connectivity index is 2.01. The highest BCUT2D eigenvalue weighted by Crippen LogP contribution is 2.25. The minimum absolute atomic E-state index is 0.0312. The fourth-order valence-corrected chi connectivity index (χ4v) is 2.36. The number of nitro groups is 1. The quantitative estimate of drug-likeness (QED) is 0.463. The lowest BCUT2D eigenvalue weighted by atomic mass is 10.1. The van der Waals surface area contributed by atoms with Crippen molar-refractivity contribution in [3.63, 3.8) is 0 Å². The van der Waals surface area contributed by atoms with Crippen LogP contribution in [0.1, 0.15) is 5.56 Å². The zero-order valence-electron chi connectivity index (χ0n) is 11.7. The number of benzene rings is 2. The molecule has 0 heterocycles. The van der Waals surface area contributed by atoms with Gasteiger partial charge in [0.15, 0.2) is 6.61 Å². The summed E-state index contributed by atoms with van der Waals surface area (Å²) in [6, 6.07) is 11.9. The van der Waals surface area contributed by atoms with Crippen LogP contribution in [0.15, 0.2) is 42.5 Å². The number of hydrogen-bond acceptors (Lipinski definition) is 4. The van der Waals surface area contributed by atoms with Crippen LogP contribution >= 0.6 is 22.6 Å². The van der Waals surface area contributed by atoms with Gasteiger partial charge in [0.05, 0.1) is 16.2 Å². The molecule has 2 aromatic rings. The van der Waals surface area contributed by atoms with Gasteiger partial charge in [-0.15, -0.1) is 0 Å². The maximum atomic E-state index is 11.9. The lowest BCUT2D eigenvalue weighted by Crippen LogP contribution is -2.20.